The molecule has 0 spiro atoms. The molecule has 0 amide bonds. The van der Waals surface area contributed by atoms with Gasteiger partial charge >= 0.3 is 5.97 Å². The lowest BCUT2D eigenvalue weighted by Gasteiger charge is -2.21. The predicted octanol–water partition coefficient (Wildman–Crippen LogP) is 4.56. The summed E-state index contributed by atoms with van der Waals surface area (Å²) in [5.74, 6) is -0.535. The second-order valence-electron chi connectivity index (χ2n) is 6.78. The number of allylic oxidation sites excluding steroid dienone is 1. The number of pyridine rings is 1. The third-order valence-electron chi connectivity index (χ3n) is 4.79. The van der Waals surface area contributed by atoms with Gasteiger partial charge < -0.3 is 14.8 Å². The Bertz CT molecular complexity index is 946. The van der Waals surface area contributed by atoms with E-state index in [1.807, 2.05) is 18.2 Å². The van der Waals surface area contributed by atoms with Crippen LogP contribution in [0.3, 0.4) is 0 Å². The van der Waals surface area contributed by atoms with Gasteiger partial charge in [-0.1, -0.05) is 41.4 Å². The number of H-pyrrole nitrogens is 1. The lowest BCUT2D eigenvalue weighted by Crippen LogP contribution is -2.15. The van der Waals surface area contributed by atoms with Crippen molar-refractivity contribution in [3.8, 4) is 0 Å². The quantitative estimate of drug-likeness (QED) is 0.716. The third-order valence-corrected chi connectivity index (χ3v) is 5.44. The molecule has 2 N–H and O–H groups in total. The normalized spacial score (nSPS) is 15.6. The minimum Gasteiger partial charge on any atom is -0.481 e. The summed E-state index contributed by atoms with van der Waals surface area (Å²) in [5.41, 5.74) is 2.82. The molecular formula is C21H21Cl2NO4. The van der Waals surface area contributed by atoms with Gasteiger partial charge in [-0.15, -0.1) is 0 Å². The zero-order chi connectivity index (χ0) is 20.1. The van der Waals surface area contributed by atoms with Crippen molar-refractivity contribution < 1.29 is 14.6 Å². The average Bonchev–Trinajstić information content (AvgIpc) is 2.68. The van der Waals surface area contributed by atoms with Crippen LogP contribution in [0, 0.1) is 5.92 Å². The number of aliphatic carboxylic acids is 1. The number of ether oxygens (including phenoxy) is 1. The van der Waals surface area contributed by atoms with Gasteiger partial charge in [0.1, 0.15) is 5.02 Å². The highest BCUT2D eigenvalue weighted by Gasteiger charge is 2.16. The van der Waals surface area contributed by atoms with Crippen LogP contribution in [0.5, 0.6) is 0 Å². The van der Waals surface area contributed by atoms with Crippen LogP contribution in [0.15, 0.2) is 41.2 Å². The Labute approximate surface area is 172 Å². The average molecular weight is 422 g/mol. The maximum absolute atomic E-state index is 12.0. The van der Waals surface area contributed by atoms with Crippen LogP contribution in [0.25, 0.3) is 5.57 Å². The van der Waals surface area contributed by atoms with Gasteiger partial charge in [-0.05, 0) is 54.5 Å². The molecule has 5 nitrogen and oxygen atoms in total. The van der Waals surface area contributed by atoms with Gasteiger partial charge in [-0.25, -0.2) is 0 Å². The molecule has 1 aliphatic rings. The van der Waals surface area contributed by atoms with Crippen LogP contribution >= 0.6 is 23.2 Å². The number of halogens is 2. The van der Waals surface area contributed by atoms with Crippen LogP contribution in [0.2, 0.25) is 10.0 Å². The molecule has 1 aromatic carbocycles. The van der Waals surface area contributed by atoms with Crippen LogP contribution in [0.1, 0.15) is 36.1 Å². The van der Waals surface area contributed by atoms with E-state index < -0.39 is 5.97 Å². The van der Waals surface area contributed by atoms with Gasteiger partial charge in [-0.2, -0.15) is 0 Å². The minimum absolute atomic E-state index is 0.0222. The first kappa shape index (κ1) is 20.6. The first-order valence-electron chi connectivity index (χ1n) is 9.13. The standard InChI is InChI=1S/C21H21Cl2NO4/c22-17-4-5-19(24-21(17)27)16(11-13-7-9-28-10-8-13)15-2-1-14(18(23)12-15)3-6-20(25)26/h1-2,4-5,11-13H,3,6-10H2,(H,24,27)(H,25,26)/b16-11+. The smallest absolute Gasteiger partial charge is 0.303 e. The molecule has 148 valence electrons. The number of aryl methyl sites for hydroxylation is 1. The zero-order valence-corrected chi connectivity index (χ0v) is 16.7. The molecule has 1 fully saturated rings. The van der Waals surface area contributed by atoms with Crippen molar-refractivity contribution in [2.75, 3.05) is 13.2 Å². The van der Waals surface area contributed by atoms with Gasteiger partial charge in [0, 0.05) is 35.9 Å². The Morgan fingerprint density at radius 1 is 1.18 bits per heavy atom. The Kier molecular flexibility index (Phi) is 6.94. The van der Waals surface area contributed by atoms with E-state index in [-0.39, 0.29) is 17.0 Å². The van der Waals surface area contributed by atoms with E-state index in [4.69, 9.17) is 33.0 Å². The fourth-order valence-electron chi connectivity index (χ4n) is 3.23. The molecule has 0 saturated carbocycles. The van der Waals surface area contributed by atoms with E-state index in [1.165, 1.54) is 0 Å². The van der Waals surface area contributed by atoms with E-state index in [1.54, 1.807) is 12.1 Å². The maximum atomic E-state index is 12.0. The summed E-state index contributed by atoms with van der Waals surface area (Å²) in [6.07, 6.45) is 4.35. The molecule has 3 rings (SSSR count). The van der Waals surface area contributed by atoms with E-state index >= 15 is 0 Å². The van der Waals surface area contributed by atoms with Crippen molar-refractivity contribution in [3.63, 3.8) is 0 Å². The van der Waals surface area contributed by atoms with Crippen molar-refractivity contribution >= 4 is 34.7 Å². The lowest BCUT2D eigenvalue weighted by atomic mass is 9.92. The number of carboxylic acids is 1. The Hall–Kier alpha value is -2.08. The van der Waals surface area contributed by atoms with Crippen molar-refractivity contribution in [1.29, 1.82) is 0 Å². The van der Waals surface area contributed by atoms with Crippen molar-refractivity contribution in [1.82, 2.24) is 4.98 Å². The second-order valence-corrected chi connectivity index (χ2v) is 7.59. The van der Waals surface area contributed by atoms with Crippen LogP contribution in [0.4, 0.5) is 0 Å². The highest BCUT2D eigenvalue weighted by Crippen LogP contribution is 2.30. The van der Waals surface area contributed by atoms with Gasteiger partial charge in [-0.3, -0.25) is 9.59 Å². The Morgan fingerprint density at radius 2 is 1.93 bits per heavy atom. The first-order valence-corrected chi connectivity index (χ1v) is 9.89. The lowest BCUT2D eigenvalue weighted by molar-refractivity contribution is -0.136. The van der Waals surface area contributed by atoms with Gasteiger partial charge in [0.15, 0.2) is 0 Å². The molecular weight excluding hydrogens is 401 g/mol. The van der Waals surface area contributed by atoms with Crippen molar-refractivity contribution in [2.24, 2.45) is 5.92 Å². The van der Waals surface area contributed by atoms with Gasteiger partial charge in [0.05, 0.1) is 0 Å². The topological polar surface area (TPSA) is 79.4 Å². The highest BCUT2D eigenvalue weighted by molar-refractivity contribution is 6.31. The third kappa shape index (κ3) is 5.25. The molecule has 2 aromatic rings. The fourth-order valence-corrected chi connectivity index (χ4v) is 3.62. The highest BCUT2D eigenvalue weighted by atomic mass is 35.5. The predicted molar refractivity (Wildman–Crippen MR) is 110 cm³/mol. The van der Waals surface area contributed by atoms with E-state index in [9.17, 15) is 9.59 Å². The molecule has 1 aromatic heterocycles. The number of hydrogen-bond acceptors (Lipinski definition) is 3. The molecule has 2 heterocycles. The van der Waals surface area contributed by atoms with Crippen LogP contribution < -0.4 is 5.56 Å². The molecule has 0 unspecified atom stereocenters. The number of hydrogen-bond donors (Lipinski definition) is 2. The summed E-state index contributed by atoms with van der Waals surface area (Å²) in [4.78, 5) is 25.7. The molecule has 0 atom stereocenters. The van der Waals surface area contributed by atoms with Crippen molar-refractivity contribution in [3.05, 3.63) is 73.6 Å². The summed E-state index contributed by atoms with van der Waals surface area (Å²) < 4.78 is 5.44. The number of carboxylic acid groups (broad SMARTS) is 1. The number of nitrogens with one attached hydrogen (secondary N) is 1. The maximum Gasteiger partial charge on any atom is 0.303 e. The van der Waals surface area contributed by atoms with E-state index in [0.29, 0.717) is 36.3 Å². The largest absolute Gasteiger partial charge is 0.481 e. The first-order chi connectivity index (χ1) is 13.4. The summed E-state index contributed by atoms with van der Waals surface area (Å²) in [5, 5.41) is 9.52. The Balaban J connectivity index is 1.99. The summed E-state index contributed by atoms with van der Waals surface area (Å²) in [7, 11) is 0. The number of aromatic amines is 1. The molecule has 0 bridgehead atoms. The Morgan fingerprint density at radius 3 is 2.57 bits per heavy atom. The summed E-state index contributed by atoms with van der Waals surface area (Å²) >= 11 is 12.3. The molecule has 0 radical (unpaired) electrons. The zero-order valence-electron chi connectivity index (χ0n) is 15.2. The van der Waals surface area contributed by atoms with Gasteiger partial charge in [0.25, 0.3) is 5.56 Å². The van der Waals surface area contributed by atoms with Crippen LogP contribution in [-0.4, -0.2) is 29.3 Å². The van der Waals surface area contributed by atoms with Crippen LogP contribution in [-0.2, 0) is 16.0 Å². The number of rotatable bonds is 6. The number of aromatic nitrogens is 1. The summed E-state index contributed by atoms with van der Waals surface area (Å²) in [6.45, 7) is 1.42. The molecule has 28 heavy (non-hydrogen) atoms. The summed E-state index contributed by atoms with van der Waals surface area (Å²) in [6, 6.07) is 8.92. The number of carbonyl (C=O) groups is 1. The molecule has 7 heteroatoms. The molecule has 0 aliphatic carbocycles. The molecule has 1 saturated heterocycles. The minimum atomic E-state index is -0.862. The monoisotopic (exact) mass is 421 g/mol. The fraction of sp³-hybridized carbons (Fsp3) is 0.333. The second kappa shape index (κ2) is 9.41. The molecule has 1 aliphatic heterocycles. The van der Waals surface area contributed by atoms with Crippen molar-refractivity contribution in [2.45, 2.75) is 25.7 Å². The van der Waals surface area contributed by atoms with E-state index in [2.05, 4.69) is 11.1 Å². The van der Waals surface area contributed by atoms with Gasteiger partial charge in [0.2, 0.25) is 0 Å². The number of benzene rings is 1. The SMILES string of the molecule is O=C(O)CCc1ccc(/C(=C\C2CCOCC2)c2ccc(Cl)c(=O)[nH]2)cc1Cl. The van der Waals surface area contributed by atoms with E-state index in [0.717, 1.165) is 29.5 Å².